The van der Waals surface area contributed by atoms with E-state index in [0.717, 1.165) is 17.1 Å². The molecule has 3 rings (SSSR count). The fraction of sp³-hybridized carbons (Fsp3) is 0.182. The third-order valence-corrected chi connectivity index (χ3v) is 4.43. The van der Waals surface area contributed by atoms with Gasteiger partial charge in [-0.2, -0.15) is 0 Å². The van der Waals surface area contributed by atoms with Gasteiger partial charge < -0.3 is 14.6 Å². The zero-order valence-corrected chi connectivity index (χ0v) is 16.5. The van der Waals surface area contributed by atoms with Gasteiger partial charge in [-0.25, -0.2) is 9.18 Å². The molecule has 2 aromatic carbocycles. The molecule has 1 aromatic heterocycles. The molecule has 0 atom stereocenters. The Morgan fingerprint density at radius 3 is 2.14 bits per heavy atom. The average molecular weight is 395 g/mol. The number of nitrogens with zero attached hydrogens (tertiary/aromatic N) is 1. The van der Waals surface area contributed by atoms with Gasteiger partial charge in [0.25, 0.3) is 5.91 Å². The number of carbonyl (C=O) groups is 2. The van der Waals surface area contributed by atoms with Gasteiger partial charge in [0.2, 0.25) is 0 Å². The molecule has 1 heterocycles. The number of amides is 2. The minimum atomic E-state index is -0.530. The van der Waals surface area contributed by atoms with Gasteiger partial charge in [0.05, 0.1) is 12.2 Å². The van der Waals surface area contributed by atoms with Gasteiger partial charge in [-0.1, -0.05) is 0 Å². The summed E-state index contributed by atoms with van der Waals surface area (Å²) in [6, 6.07) is 14.7. The number of hydrogen-bond acceptors (Lipinski definition) is 3. The predicted molar refractivity (Wildman–Crippen MR) is 110 cm³/mol. The summed E-state index contributed by atoms with van der Waals surface area (Å²) in [5, 5.41) is 5.44. The van der Waals surface area contributed by atoms with Crippen molar-refractivity contribution >= 4 is 23.4 Å². The van der Waals surface area contributed by atoms with Crippen molar-refractivity contribution in [3.05, 3.63) is 77.4 Å². The van der Waals surface area contributed by atoms with Gasteiger partial charge in [0.15, 0.2) is 0 Å². The van der Waals surface area contributed by atoms with Crippen LogP contribution in [0.15, 0.2) is 54.6 Å². The van der Waals surface area contributed by atoms with Crippen LogP contribution in [0.5, 0.6) is 0 Å². The van der Waals surface area contributed by atoms with Crippen LogP contribution in [0.25, 0.3) is 5.69 Å². The maximum Gasteiger partial charge on any atom is 0.411 e. The van der Waals surface area contributed by atoms with E-state index in [-0.39, 0.29) is 18.3 Å². The number of halogens is 1. The van der Waals surface area contributed by atoms with Crippen LogP contribution in [-0.4, -0.2) is 23.2 Å². The van der Waals surface area contributed by atoms with E-state index < -0.39 is 6.09 Å². The van der Waals surface area contributed by atoms with E-state index in [1.54, 1.807) is 49.4 Å². The lowest BCUT2D eigenvalue weighted by molar-refractivity contribution is 0.102. The molecule has 6 nitrogen and oxygen atoms in total. The highest BCUT2D eigenvalue weighted by molar-refractivity contribution is 6.05. The van der Waals surface area contributed by atoms with Crippen LogP contribution >= 0.6 is 0 Å². The molecular weight excluding hydrogens is 373 g/mol. The summed E-state index contributed by atoms with van der Waals surface area (Å²) in [5.41, 5.74) is 4.10. The standard InChI is InChI=1S/C22H22FN3O3/c1-4-29-22(28)25-18-9-7-17(8-10-18)24-21(27)20-13-14(2)26(15(20)3)19-11-5-16(23)6-12-19/h5-13H,4H2,1-3H3,(H,24,27)(H,25,28). The van der Waals surface area contributed by atoms with Crippen molar-refractivity contribution in [2.24, 2.45) is 0 Å². The van der Waals surface area contributed by atoms with Crippen molar-refractivity contribution in [3.63, 3.8) is 0 Å². The molecule has 0 saturated carbocycles. The normalized spacial score (nSPS) is 10.5. The van der Waals surface area contributed by atoms with Crippen molar-refractivity contribution in [1.29, 1.82) is 0 Å². The van der Waals surface area contributed by atoms with Crippen molar-refractivity contribution < 1.29 is 18.7 Å². The maximum atomic E-state index is 13.2. The van der Waals surface area contributed by atoms with Gasteiger partial charge in [-0.3, -0.25) is 10.1 Å². The first-order valence-electron chi connectivity index (χ1n) is 9.19. The van der Waals surface area contributed by atoms with E-state index in [2.05, 4.69) is 10.6 Å². The number of rotatable bonds is 5. The highest BCUT2D eigenvalue weighted by atomic mass is 19.1. The molecule has 0 radical (unpaired) electrons. The topological polar surface area (TPSA) is 72.4 Å². The van der Waals surface area contributed by atoms with Crippen LogP contribution in [0.4, 0.5) is 20.6 Å². The number of hydrogen-bond donors (Lipinski definition) is 2. The van der Waals surface area contributed by atoms with Crippen LogP contribution in [0.3, 0.4) is 0 Å². The van der Waals surface area contributed by atoms with E-state index in [0.29, 0.717) is 16.9 Å². The number of aryl methyl sites for hydroxylation is 1. The molecule has 29 heavy (non-hydrogen) atoms. The Balaban J connectivity index is 1.75. The SMILES string of the molecule is CCOC(=O)Nc1ccc(NC(=O)c2cc(C)n(-c3ccc(F)cc3)c2C)cc1. The summed E-state index contributed by atoms with van der Waals surface area (Å²) < 4.78 is 19.9. The van der Waals surface area contributed by atoms with Gasteiger partial charge in [0, 0.05) is 28.5 Å². The molecule has 0 bridgehead atoms. The molecule has 7 heteroatoms. The molecule has 0 spiro atoms. The van der Waals surface area contributed by atoms with Crippen LogP contribution in [0.2, 0.25) is 0 Å². The molecule has 0 saturated heterocycles. The van der Waals surface area contributed by atoms with Gasteiger partial charge in [-0.05, 0) is 75.4 Å². The van der Waals surface area contributed by atoms with Gasteiger partial charge in [0.1, 0.15) is 5.82 Å². The van der Waals surface area contributed by atoms with Gasteiger partial charge in [-0.15, -0.1) is 0 Å². The summed E-state index contributed by atoms with van der Waals surface area (Å²) in [7, 11) is 0. The first kappa shape index (κ1) is 20.1. The van der Waals surface area contributed by atoms with Gasteiger partial charge >= 0.3 is 6.09 Å². The Morgan fingerprint density at radius 1 is 0.966 bits per heavy atom. The quantitative estimate of drug-likeness (QED) is 0.635. The van der Waals surface area contributed by atoms with Crippen LogP contribution in [0, 0.1) is 19.7 Å². The third kappa shape index (κ3) is 4.63. The molecule has 3 aromatic rings. The highest BCUT2D eigenvalue weighted by Gasteiger charge is 2.17. The predicted octanol–water partition coefficient (Wildman–Crippen LogP) is 5.05. The zero-order chi connectivity index (χ0) is 21.0. The second-order valence-electron chi connectivity index (χ2n) is 6.47. The summed E-state index contributed by atoms with van der Waals surface area (Å²) in [5.74, 6) is -0.562. The van der Waals surface area contributed by atoms with E-state index in [4.69, 9.17) is 4.74 Å². The molecule has 0 aliphatic rings. The molecule has 2 amide bonds. The Bertz CT molecular complexity index is 1020. The first-order valence-corrected chi connectivity index (χ1v) is 9.19. The average Bonchev–Trinajstić information content (AvgIpc) is 2.99. The molecule has 2 N–H and O–H groups in total. The Morgan fingerprint density at radius 2 is 1.55 bits per heavy atom. The fourth-order valence-corrected chi connectivity index (χ4v) is 3.10. The van der Waals surface area contributed by atoms with Crippen LogP contribution < -0.4 is 10.6 Å². The molecule has 0 aliphatic carbocycles. The van der Waals surface area contributed by atoms with Crippen LogP contribution in [0.1, 0.15) is 28.7 Å². The molecule has 0 fully saturated rings. The molecule has 0 unspecified atom stereocenters. The lowest BCUT2D eigenvalue weighted by Gasteiger charge is -2.10. The second-order valence-corrected chi connectivity index (χ2v) is 6.47. The summed E-state index contributed by atoms with van der Waals surface area (Å²) in [6.07, 6.45) is -0.530. The second kappa shape index (κ2) is 8.60. The molecule has 150 valence electrons. The van der Waals surface area contributed by atoms with Crippen molar-refractivity contribution in [2.45, 2.75) is 20.8 Å². The van der Waals surface area contributed by atoms with E-state index in [1.807, 2.05) is 18.4 Å². The van der Waals surface area contributed by atoms with E-state index in [1.165, 1.54) is 12.1 Å². The molecular formula is C22H22FN3O3. The van der Waals surface area contributed by atoms with Crippen molar-refractivity contribution in [1.82, 2.24) is 4.57 Å². The summed E-state index contributed by atoms with van der Waals surface area (Å²) in [6.45, 7) is 5.75. The first-order chi connectivity index (χ1) is 13.9. The fourth-order valence-electron chi connectivity index (χ4n) is 3.10. The maximum absolute atomic E-state index is 13.2. The Labute approximate surface area is 168 Å². The minimum absolute atomic E-state index is 0.252. The number of carbonyl (C=O) groups excluding carboxylic acids is 2. The number of benzene rings is 2. The zero-order valence-electron chi connectivity index (χ0n) is 16.5. The Hall–Kier alpha value is -3.61. The van der Waals surface area contributed by atoms with Crippen molar-refractivity contribution in [2.75, 3.05) is 17.2 Å². The highest BCUT2D eigenvalue weighted by Crippen LogP contribution is 2.22. The smallest absolute Gasteiger partial charge is 0.411 e. The Kier molecular flexibility index (Phi) is 5.97. The third-order valence-electron chi connectivity index (χ3n) is 4.43. The van der Waals surface area contributed by atoms with Crippen molar-refractivity contribution in [3.8, 4) is 5.69 Å². The van der Waals surface area contributed by atoms with E-state index in [9.17, 15) is 14.0 Å². The number of ether oxygens (including phenoxy) is 1. The van der Waals surface area contributed by atoms with E-state index >= 15 is 0 Å². The lowest BCUT2D eigenvalue weighted by atomic mass is 10.2. The largest absolute Gasteiger partial charge is 0.450 e. The number of anilines is 2. The summed E-state index contributed by atoms with van der Waals surface area (Å²) >= 11 is 0. The monoisotopic (exact) mass is 395 g/mol. The van der Waals surface area contributed by atoms with Crippen LogP contribution in [-0.2, 0) is 4.74 Å². The summed E-state index contributed by atoms with van der Waals surface area (Å²) in [4.78, 5) is 24.2. The minimum Gasteiger partial charge on any atom is -0.450 e. The number of aromatic nitrogens is 1. The number of nitrogens with one attached hydrogen (secondary N) is 2. The lowest BCUT2D eigenvalue weighted by Crippen LogP contribution is -2.14. The molecule has 0 aliphatic heterocycles.